The molecule has 0 aliphatic carbocycles. The van der Waals surface area contributed by atoms with Gasteiger partial charge in [0, 0.05) is 18.2 Å². The predicted molar refractivity (Wildman–Crippen MR) is 66.9 cm³/mol. The molecule has 1 aromatic rings. The first-order valence-electron chi connectivity index (χ1n) is 5.57. The van der Waals surface area contributed by atoms with Crippen molar-refractivity contribution in [1.82, 2.24) is 10.4 Å². The summed E-state index contributed by atoms with van der Waals surface area (Å²) >= 11 is 5.62. The van der Waals surface area contributed by atoms with Crippen LogP contribution in [0.3, 0.4) is 0 Å². The molecule has 100 valence electrons. The normalized spacial score (nSPS) is 11.1. The van der Waals surface area contributed by atoms with Crippen LogP contribution in [0.2, 0.25) is 5.02 Å². The van der Waals surface area contributed by atoms with Crippen LogP contribution in [-0.2, 0) is 11.3 Å². The molecule has 4 nitrogen and oxygen atoms in total. The SMILES string of the molecule is CC(C)N(O)CC(=O)NCc1cccc(Cl)c1F. The lowest BCUT2D eigenvalue weighted by atomic mass is 10.2. The first-order chi connectivity index (χ1) is 8.41. The van der Waals surface area contributed by atoms with Gasteiger partial charge in [0.15, 0.2) is 0 Å². The van der Waals surface area contributed by atoms with E-state index in [0.717, 1.165) is 5.06 Å². The average molecular weight is 275 g/mol. The van der Waals surface area contributed by atoms with Gasteiger partial charge >= 0.3 is 0 Å². The molecule has 0 aromatic heterocycles. The number of nitrogens with one attached hydrogen (secondary N) is 1. The number of hydroxylamine groups is 2. The molecule has 0 aliphatic heterocycles. The van der Waals surface area contributed by atoms with E-state index in [2.05, 4.69) is 5.32 Å². The molecule has 1 rings (SSSR count). The van der Waals surface area contributed by atoms with Crippen molar-refractivity contribution in [3.63, 3.8) is 0 Å². The number of halogens is 2. The quantitative estimate of drug-likeness (QED) is 0.810. The lowest BCUT2D eigenvalue weighted by Gasteiger charge is -2.18. The van der Waals surface area contributed by atoms with Crippen LogP contribution in [0.15, 0.2) is 18.2 Å². The molecule has 0 radical (unpaired) electrons. The van der Waals surface area contributed by atoms with Crippen LogP contribution < -0.4 is 5.32 Å². The van der Waals surface area contributed by atoms with Crippen molar-refractivity contribution in [2.24, 2.45) is 0 Å². The number of carbonyl (C=O) groups is 1. The van der Waals surface area contributed by atoms with Crippen LogP contribution in [-0.4, -0.2) is 28.8 Å². The second-order valence-electron chi connectivity index (χ2n) is 4.18. The van der Waals surface area contributed by atoms with Crippen LogP contribution >= 0.6 is 11.6 Å². The Bertz CT molecular complexity index is 427. The largest absolute Gasteiger partial charge is 0.351 e. The molecule has 0 atom stereocenters. The second kappa shape index (κ2) is 6.68. The average Bonchev–Trinajstić information content (AvgIpc) is 2.31. The highest BCUT2D eigenvalue weighted by Gasteiger charge is 2.12. The first-order valence-corrected chi connectivity index (χ1v) is 5.94. The maximum atomic E-state index is 13.5. The van der Waals surface area contributed by atoms with E-state index < -0.39 is 5.82 Å². The van der Waals surface area contributed by atoms with Gasteiger partial charge < -0.3 is 10.5 Å². The second-order valence-corrected chi connectivity index (χ2v) is 4.59. The first kappa shape index (κ1) is 14.9. The van der Waals surface area contributed by atoms with Crippen LogP contribution in [0.4, 0.5) is 4.39 Å². The molecule has 0 bridgehead atoms. The van der Waals surface area contributed by atoms with Crippen molar-refractivity contribution in [1.29, 1.82) is 0 Å². The van der Waals surface area contributed by atoms with Crippen molar-refractivity contribution < 1.29 is 14.4 Å². The number of rotatable bonds is 5. The lowest BCUT2D eigenvalue weighted by Crippen LogP contribution is -2.38. The summed E-state index contributed by atoms with van der Waals surface area (Å²) in [4.78, 5) is 11.5. The molecule has 2 N–H and O–H groups in total. The Morgan fingerprint density at radius 2 is 2.22 bits per heavy atom. The van der Waals surface area contributed by atoms with Crippen molar-refractivity contribution >= 4 is 17.5 Å². The molecule has 0 fully saturated rings. The molecule has 0 unspecified atom stereocenters. The summed E-state index contributed by atoms with van der Waals surface area (Å²) in [7, 11) is 0. The van der Waals surface area contributed by atoms with E-state index in [9.17, 15) is 14.4 Å². The highest BCUT2D eigenvalue weighted by molar-refractivity contribution is 6.30. The molecule has 0 saturated heterocycles. The van der Waals surface area contributed by atoms with Gasteiger partial charge in [-0.25, -0.2) is 4.39 Å². The number of carbonyl (C=O) groups excluding carboxylic acids is 1. The zero-order valence-electron chi connectivity index (χ0n) is 10.3. The summed E-state index contributed by atoms with van der Waals surface area (Å²) in [6.07, 6.45) is 0. The summed E-state index contributed by atoms with van der Waals surface area (Å²) in [5.41, 5.74) is 0.310. The molecule has 1 aromatic carbocycles. The smallest absolute Gasteiger partial charge is 0.236 e. The fourth-order valence-electron chi connectivity index (χ4n) is 1.26. The van der Waals surface area contributed by atoms with Gasteiger partial charge in [0.05, 0.1) is 5.02 Å². The minimum atomic E-state index is -0.538. The van der Waals surface area contributed by atoms with Gasteiger partial charge in [-0.2, -0.15) is 5.06 Å². The van der Waals surface area contributed by atoms with Gasteiger partial charge in [0.1, 0.15) is 12.4 Å². The molecular weight excluding hydrogens is 259 g/mol. The Kier molecular flexibility index (Phi) is 5.53. The number of hydrogen-bond donors (Lipinski definition) is 2. The molecule has 18 heavy (non-hydrogen) atoms. The predicted octanol–water partition coefficient (Wildman–Crippen LogP) is 2.19. The molecule has 0 aliphatic rings. The highest BCUT2D eigenvalue weighted by Crippen LogP contribution is 2.17. The van der Waals surface area contributed by atoms with Crippen LogP contribution in [0.1, 0.15) is 19.4 Å². The van der Waals surface area contributed by atoms with Gasteiger partial charge in [0.2, 0.25) is 5.91 Å². The van der Waals surface area contributed by atoms with E-state index in [-0.39, 0.29) is 30.1 Å². The van der Waals surface area contributed by atoms with E-state index in [4.69, 9.17) is 11.6 Å². The number of benzene rings is 1. The third kappa shape index (κ3) is 4.25. The maximum absolute atomic E-state index is 13.5. The lowest BCUT2D eigenvalue weighted by molar-refractivity contribution is -0.145. The van der Waals surface area contributed by atoms with Crippen LogP contribution in [0, 0.1) is 5.82 Å². The van der Waals surface area contributed by atoms with Gasteiger partial charge in [0.25, 0.3) is 0 Å². The fraction of sp³-hybridized carbons (Fsp3) is 0.417. The summed E-state index contributed by atoms with van der Waals surface area (Å²) < 4.78 is 13.5. The zero-order valence-corrected chi connectivity index (χ0v) is 11.0. The number of amides is 1. The Morgan fingerprint density at radius 3 is 2.83 bits per heavy atom. The molecular formula is C12H16ClFN2O2. The maximum Gasteiger partial charge on any atom is 0.236 e. The standard InChI is InChI=1S/C12H16ClFN2O2/c1-8(2)16(18)7-11(17)15-6-9-4-3-5-10(13)12(9)14/h3-5,8,18H,6-7H2,1-2H3,(H,15,17). The monoisotopic (exact) mass is 274 g/mol. The highest BCUT2D eigenvalue weighted by atomic mass is 35.5. The fourth-order valence-corrected chi connectivity index (χ4v) is 1.46. The zero-order chi connectivity index (χ0) is 13.7. The van der Waals surface area contributed by atoms with Crippen molar-refractivity contribution in [2.75, 3.05) is 6.54 Å². The summed E-state index contributed by atoms with van der Waals surface area (Å²) in [5, 5.41) is 12.8. The van der Waals surface area contributed by atoms with Crippen molar-refractivity contribution in [3.8, 4) is 0 Å². The Balaban J connectivity index is 2.50. The van der Waals surface area contributed by atoms with Gasteiger partial charge in [-0.15, -0.1) is 0 Å². The van der Waals surface area contributed by atoms with Crippen LogP contribution in [0.5, 0.6) is 0 Å². The molecule has 6 heteroatoms. The topological polar surface area (TPSA) is 52.6 Å². The molecule has 0 saturated carbocycles. The van der Waals surface area contributed by atoms with E-state index in [1.807, 2.05) is 0 Å². The van der Waals surface area contributed by atoms with E-state index in [0.29, 0.717) is 5.56 Å². The van der Waals surface area contributed by atoms with E-state index >= 15 is 0 Å². The Hall–Kier alpha value is -1.17. The van der Waals surface area contributed by atoms with Crippen LogP contribution in [0.25, 0.3) is 0 Å². The molecule has 1 amide bonds. The van der Waals surface area contributed by atoms with Crippen molar-refractivity contribution in [3.05, 3.63) is 34.6 Å². The molecule has 0 heterocycles. The Labute approximate surface area is 110 Å². The third-order valence-corrected chi connectivity index (χ3v) is 2.70. The Morgan fingerprint density at radius 1 is 1.56 bits per heavy atom. The van der Waals surface area contributed by atoms with E-state index in [1.54, 1.807) is 26.0 Å². The summed E-state index contributed by atoms with van der Waals surface area (Å²) in [5.74, 6) is -0.922. The number of hydrogen-bond acceptors (Lipinski definition) is 3. The van der Waals surface area contributed by atoms with Gasteiger partial charge in [-0.3, -0.25) is 4.79 Å². The minimum Gasteiger partial charge on any atom is -0.351 e. The third-order valence-electron chi connectivity index (χ3n) is 2.41. The molecule has 0 spiro atoms. The van der Waals surface area contributed by atoms with Crippen molar-refractivity contribution in [2.45, 2.75) is 26.4 Å². The van der Waals surface area contributed by atoms with Gasteiger partial charge in [-0.1, -0.05) is 23.7 Å². The number of nitrogens with zero attached hydrogens (tertiary/aromatic N) is 1. The van der Waals surface area contributed by atoms with E-state index in [1.165, 1.54) is 6.07 Å². The summed E-state index contributed by atoms with van der Waals surface area (Å²) in [6.45, 7) is 3.39. The minimum absolute atomic E-state index is 0.0210. The summed E-state index contributed by atoms with van der Waals surface area (Å²) in [6, 6.07) is 4.44. The van der Waals surface area contributed by atoms with Gasteiger partial charge in [-0.05, 0) is 19.9 Å².